The van der Waals surface area contributed by atoms with Crippen LogP contribution < -0.4 is 0 Å². The van der Waals surface area contributed by atoms with Gasteiger partial charge >= 0.3 is 1.43 Å². The Kier molecular flexibility index (Phi) is 1.85. The number of rotatable bonds is 2. The lowest BCUT2D eigenvalue weighted by molar-refractivity contribution is 0.322. The highest BCUT2D eigenvalue weighted by Gasteiger charge is 1.86. The van der Waals surface area contributed by atoms with Gasteiger partial charge in [0.1, 0.15) is 0 Å². The van der Waals surface area contributed by atoms with Crippen molar-refractivity contribution in [2.24, 2.45) is 5.16 Å². The van der Waals surface area contributed by atoms with Crippen molar-refractivity contribution in [1.29, 1.82) is 0 Å². The molecular formula is C7H6ClNO. The highest BCUT2D eigenvalue weighted by Crippen LogP contribution is 2.07. The quantitative estimate of drug-likeness (QED) is 0.397. The summed E-state index contributed by atoms with van der Waals surface area (Å²) in [5.74, 6) is 0. The van der Waals surface area contributed by atoms with Crippen LogP contribution in [0, 0.1) is 0 Å². The van der Waals surface area contributed by atoms with E-state index in [9.17, 15) is 0 Å². The maximum absolute atomic E-state index is 6.27. The van der Waals surface area contributed by atoms with Crippen molar-refractivity contribution >= 4 is 17.8 Å². The topological polar surface area (TPSA) is 32.6 Å². The van der Waals surface area contributed by atoms with Crippen LogP contribution in [0.3, 0.4) is 0 Å². The van der Waals surface area contributed by atoms with Crippen LogP contribution in [-0.2, 0) is 0 Å². The third kappa shape index (κ3) is 1.74. The number of hydrogen-bond acceptors (Lipinski definition) is 2. The molecule has 1 rings (SSSR count). The van der Waals surface area contributed by atoms with Gasteiger partial charge in [-0.3, -0.25) is 0 Å². The van der Waals surface area contributed by atoms with Crippen molar-refractivity contribution in [1.82, 2.24) is 0 Å². The van der Waals surface area contributed by atoms with Crippen molar-refractivity contribution in [3.8, 4) is 0 Å². The summed E-state index contributed by atoms with van der Waals surface area (Å²) < 4.78 is 6.27. The van der Waals surface area contributed by atoms with Crippen LogP contribution in [0.25, 0.3) is 0 Å². The van der Waals surface area contributed by atoms with Gasteiger partial charge in [0, 0.05) is 5.02 Å². The summed E-state index contributed by atoms with van der Waals surface area (Å²) in [5, 5.41) is 7.71. The molecule has 0 aliphatic rings. The first-order valence-corrected chi connectivity index (χ1v) is 3.12. The van der Waals surface area contributed by atoms with Crippen LogP contribution in [0.5, 0.6) is 0 Å². The molecule has 0 amide bonds. The van der Waals surface area contributed by atoms with E-state index in [0.717, 1.165) is 5.56 Å². The van der Waals surface area contributed by atoms with Gasteiger partial charge in [0.05, 0.1) is 6.21 Å². The third-order valence-electron chi connectivity index (χ3n) is 1.07. The van der Waals surface area contributed by atoms with Crippen LogP contribution in [0.1, 0.15) is 5.56 Å². The summed E-state index contributed by atoms with van der Waals surface area (Å²) >= 11 is 5.63. The molecule has 0 fully saturated rings. The minimum atomic E-state index is 0.675. The lowest BCUT2D eigenvalue weighted by Crippen LogP contribution is -1.77. The first-order valence-electron chi connectivity index (χ1n) is 3.15. The van der Waals surface area contributed by atoms with E-state index in [1.165, 1.54) is 6.21 Å². The van der Waals surface area contributed by atoms with E-state index in [0.29, 0.717) is 5.02 Å². The maximum atomic E-state index is 6.27. The molecule has 2 nitrogen and oxygen atoms in total. The smallest absolute Gasteiger partial charge is 0.330 e. The number of hydrogen-bond donors (Lipinski definition) is 1. The van der Waals surface area contributed by atoms with Crippen molar-refractivity contribution in [3.63, 3.8) is 0 Å². The van der Waals surface area contributed by atoms with Gasteiger partial charge in [-0.2, -0.15) is 0 Å². The zero-order valence-electron chi connectivity index (χ0n) is 6.12. The highest BCUT2D eigenvalue weighted by atomic mass is 35.5. The molecule has 0 aliphatic carbocycles. The van der Waals surface area contributed by atoms with Crippen LogP contribution in [0.4, 0.5) is 0 Å². The van der Waals surface area contributed by atoms with Gasteiger partial charge < -0.3 is 5.21 Å². The zero-order chi connectivity index (χ0) is 8.10. The molecule has 0 bridgehead atoms. The summed E-state index contributed by atoms with van der Waals surface area (Å²) in [4.78, 5) is 0. The second-order valence-corrected chi connectivity index (χ2v) is 2.22. The van der Waals surface area contributed by atoms with Gasteiger partial charge in [-0.05, 0) is 17.7 Å². The van der Waals surface area contributed by atoms with Crippen LogP contribution >= 0.6 is 11.6 Å². The predicted octanol–water partition coefficient (Wildman–Crippen LogP) is 2.15. The molecule has 1 N–H and O–H groups in total. The second-order valence-electron chi connectivity index (χ2n) is 1.79. The molecule has 0 saturated heterocycles. The molecule has 3 heteroatoms. The van der Waals surface area contributed by atoms with E-state index in [-0.39, 0.29) is 0 Å². The van der Waals surface area contributed by atoms with Gasteiger partial charge in [0.2, 0.25) is 0 Å². The minimum absolute atomic E-state index is 0.675. The fraction of sp³-hybridized carbons (Fsp3) is 0. The third-order valence-corrected chi connectivity index (χ3v) is 1.32. The lowest BCUT2D eigenvalue weighted by atomic mass is 10.2. The molecule has 0 heterocycles. The number of benzene rings is 1. The van der Waals surface area contributed by atoms with Crippen molar-refractivity contribution in [3.05, 3.63) is 34.9 Å². The molecule has 0 unspecified atom stereocenters. The fourth-order valence-corrected chi connectivity index (χ4v) is 0.736. The number of nitrogens with zero attached hydrogens (tertiary/aromatic N) is 1. The normalized spacial score (nSPS) is 11.5. The van der Waals surface area contributed by atoms with Crippen molar-refractivity contribution in [2.45, 2.75) is 0 Å². The molecule has 0 saturated carbocycles. The van der Waals surface area contributed by atoms with Gasteiger partial charge in [0.25, 0.3) is 0 Å². The SMILES string of the molecule is [2H]ON=Cc1ccc(Cl)cc1. The molecule has 0 spiro atoms. The van der Waals surface area contributed by atoms with E-state index in [4.69, 9.17) is 13.0 Å². The average molecular weight is 157 g/mol. The molecule has 0 atom stereocenters. The Bertz CT molecular complexity index is 247. The molecule has 0 aliphatic heterocycles. The Morgan fingerprint density at radius 1 is 1.50 bits per heavy atom. The van der Waals surface area contributed by atoms with E-state index in [2.05, 4.69) is 10.4 Å². The molecule has 0 aromatic heterocycles. The van der Waals surface area contributed by atoms with Crippen molar-refractivity contribution in [2.75, 3.05) is 0 Å². The first kappa shape index (κ1) is 5.74. The first-order chi connectivity index (χ1) is 5.33. The number of halogens is 1. The Balaban J connectivity index is 2.73. The molecule has 10 heavy (non-hydrogen) atoms. The van der Waals surface area contributed by atoms with E-state index >= 15 is 0 Å². The van der Waals surface area contributed by atoms with Crippen LogP contribution in [0.15, 0.2) is 29.4 Å². The van der Waals surface area contributed by atoms with Crippen LogP contribution in [-0.4, -0.2) is 11.4 Å². The summed E-state index contributed by atoms with van der Waals surface area (Å²) in [5.41, 5.74) is 0.849. The standard InChI is InChI=1S/C7H6ClNO/c8-7-3-1-6(2-4-7)5-9-10/h1-5,10H/i/hD. The second kappa shape index (κ2) is 3.22. The summed E-state index contributed by atoms with van der Waals surface area (Å²) in [6, 6.07) is 7.05. The molecule has 1 aromatic carbocycles. The van der Waals surface area contributed by atoms with E-state index in [1.54, 1.807) is 24.3 Å². The minimum Gasteiger partial charge on any atom is -0.411 e. The molecule has 52 valence electrons. The van der Waals surface area contributed by atoms with Crippen molar-refractivity contribution < 1.29 is 6.64 Å². The number of oxime groups is 1. The molecule has 1 aromatic rings. The molecular weight excluding hydrogens is 150 g/mol. The van der Waals surface area contributed by atoms with Gasteiger partial charge in [-0.25, -0.2) is 0 Å². The lowest BCUT2D eigenvalue weighted by Gasteiger charge is -1.89. The van der Waals surface area contributed by atoms with Gasteiger partial charge in [-0.15, -0.1) is 0 Å². The highest BCUT2D eigenvalue weighted by molar-refractivity contribution is 6.30. The Hall–Kier alpha value is -1.02. The fourth-order valence-electron chi connectivity index (χ4n) is 0.610. The van der Waals surface area contributed by atoms with Gasteiger partial charge in [0.15, 0.2) is 0 Å². The predicted molar refractivity (Wildman–Crippen MR) is 40.8 cm³/mol. The summed E-state index contributed by atoms with van der Waals surface area (Å²) in [6.07, 6.45) is 1.43. The maximum Gasteiger partial charge on any atom is 0.330 e. The average Bonchev–Trinajstić information content (AvgIpc) is 2.04. The monoisotopic (exact) mass is 156 g/mol. The Morgan fingerprint density at radius 2 is 2.20 bits per heavy atom. The largest absolute Gasteiger partial charge is 0.411 e. The van der Waals surface area contributed by atoms with Gasteiger partial charge in [-0.1, -0.05) is 28.9 Å². The van der Waals surface area contributed by atoms with E-state index < -0.39 is 0 Å². The Labute approximate surface area is 65.2 Å². The van der Waals surface area contributed by atoms with E-state index in [1.807, 2.05) is 0 Å². The molecule has 0 radical (unpaired) electrons. The zero-order valence-corrected chi connectivity index (χ0v) is 5.88. The summed E-state index contributed by atoms with van der Waals surface area (Å²) in [6.45, 7) is 0. The van der Waals surface area contributed by atoms with Crippen LogP contribution in [0.2, 0.25) is 6.45 Å². The summed E-state index contributed by atoms with van der Waals surface area (Å²) in [7, 11) is 0. The Morgan fingerprint density at radius 3 is 2.80 bits per heavy atom.